The van der Waals surface area contributed by atoms with Crippen LogP contribution in [0.3, 0.4) is 0 Å². The Hall–Kier alpha value is -2.74. The lowest BCUT2D eigenvalue weighted by Crippen LogP contribution is -2.46. The third-order valence-corrected chi connectivity index (χ3v) is 3.83. The summed E-state index contributed by atoms with van der Waals surface area (Å²) in [4.78, 5) is 32.7. The summed E-state index contributed by atoms with van der Waals surface area (Å²) in [7, 11) is 0. The Morgan fingerprint density at radius 3 is 3.08 bits per heavy atom. The fourth-order valence-electron chi connectivity index (χ4n) is 2.71. The van der Waals surface area contributed by atoms with E-state index in [0.29, 0.717) is 24.7 Å². The Kier molecular flexibility index (Phi) is 5.08. The summed E-state index contributed by atoms with van der Waals surface area (Å²) in [6.07, 6.45) is 0. The number of morpholine rings is 1. The molecule has 2 heterocycles. The number of halogens is 1. The molecule has 1 unspecified atom stereocenters. The zero-order chi connectivity index (χ0) is 17.8. The number of ether oxygens (including phenoxy) is 2. The number of rotatable bonds is 4. The van der Waals surface area contributed by atoms with Crippen molar-refractivity contribution in [2.24, 2.45) is 0 Å². The number of aromatic nitrogens is 2. The van der Waals surface area contributed by atoms with E-state index in [1.807, 2.05) is 0 Å². The number of hydrogen-bond acceptors (Lipinski definition) is 5. The van der Waals surface area contributed by atoms with Gasteiger partial charge in [-0.2, -0.15) is 0 Å². The summed E-state index contributed by atoms with van der Waals surface area (Å²) >= 11 is 0. The smallest absolute Gasteiger partial charge is 0.261 e. The Balaban J connectivity index is 1.73. The molecule has 2 aromatic rings. The number of aryl methyl sites for hydroxylation is 1. The van der Waals surface area contributed by atoms with Gasteiger partial charge in [0.2, 0.25) is 0 Å². The maximum absolute atomic E-state index is 13.2. The van der Waals surface area contributed by atoms with E-state index in [0.717, 1.165) is 0 Å². The van der Waals surface area contributed by atoms with Crippen molar-refractivity contribution in [1.82, 2.24) is 14.9 Å². The lowest BCUT2D eigenvalue weighted by atomic mass is 10.1. The quantitative estimate of drug-likeness (QED) is 0.898. The van der Waals surface area contributed by atoms with Gasteiger partial charge in [0.15, 0.2) is 6.61 Å². The van der Waals surface area contributed by atoms with E-state index >= 15 is 0 Å². The van der Waals surface area contributed by atoms with Crippen molar-refractivity contribution in [2.75, 3.05) is 26.4 Å². The first-order valence-electron chi connectivity index (χ1n) is 7.86. The molecular formula is C17H18FN3O4. The largest absolute Gasteiger partial charge is 0.484 e. The molecule has 1 fully saturated rings. The van der Waals surface area contributed by atoms with Crippen molar-refractivity contribution in [3.63, 3.8) is 0 Å². The van der Waals surface area contributed by atoms with Crippen LogP contribution >= 0.6 is 0 Å². The van der Waals surface area contributed by atoms with Gasteiger partial charge in [0.1, 0.15) is 17.4 Å². The van der Waals surface area contributed by atoms with Crippen LogP contribution in [0, 0.1) is 12.7 Å². The summed E-state index contributed by atoms with van der Waals surface area (Å²) in [5, 5.41) is 0. The van der Waals surface area contributed by atoms with Crippen LogP contribution < -0.4 is 10.3 Å². The second-order valence-corrected chi connectivity index (χ2v) is 5.68. The van der Waals surface area contributed by atoms with Crippen molar-refractivity contribution in [3.05, 3.63) is 58.0 Å². The number of carbonyl (C=O) groups excluding carboxylic acids is 1. The highest BCUT2D eigenvalue weighted by Crippen LogP contribution is 2.22. The lowest BCUT2D eigenvalue weighted by Gasteiger charge is -2.35. The van der Waals surface area contributed by atoms with E-state index in [9.17, 15) is 14.0 Å². The third-order valence-electron chi connectivity index (χ3n) is 3.83. The molecule has 0 spiro atoms. The minimum Gasteiger partial charge on any atom is -0.484 e. The zero-order valence-electron chi connectivity index (χ0n) is 13.7. The van der Waals surface area contributed by atoms with Gasteiger partial charge >= 0.3 is 0 Å². The fraction of sp³-hybridized carbons (Fsp3) is 0.353. The SMILES string of the molecule is Cc1nc(C2COCCN2C(=O)COc2cccc(F)c2)cc(=O)[nH]1. The molecule has 132 valence electrons. The molecule has 0 aliphatic carbocycles. The van der Waals surface area contributed by atoms with Crippen LogP contribution in [0.15, 0.2) is 35.1 Å². The molecule has 1 aromatic carbocycles. The summed E-state index contributed by atoms with van der Waals surface area (Å²) in [5.41, 5.74) is 0.191. The first-order chi connectivity index (χ1) is 12.0. The van der Waals surface area contributed by atoms with Crippen LogP contribution in [0.25, 0.3) is 0 Å². The van der Waals surface area contributed by atoms with E-state index in [1.54, 1.807) is 17.9 Å². The van der Waals surface area contributed by atoms with Crippen molar-refractivity contribution in [3.8, 4) is 5.75 Å². The Morgan fingerprint density at radius 2 is 2.32 bits per heavy atom. The van der Waals surface area contributed by atoms with Gasteiger partial charge in [-0.1, -0.05) is 6.07 Å². The maximum atomic E-state index is 13.2. The summed E-state index contributed by atoms with van der Waals surface area (Å²) in [5.74, 6) is 0.0365. The number of aromatic amines is 1. The molecule has 0 bridgehead atoms. The van der Waals surface area contributed by atoms with E-state index in [-0.39, 0.29) is 30.4 Å². The summed E-state index contributed by atoms with van der Waals surface area (Å²) in [6.45, 7) is 2.45. The van der Waals surface area contributed by atoms with Gasteiger partial charge in [0.05, 0.1) is 24.9 Å². The third kappa shape index (κ3) is 4.21. The van der Waals surface area contributed by atoms with Crippen molar-refractivity contribution >= 4 is 5.91 Å². The van der Waals surface area contributed by atoms with Crippen LogP contribution in [0.4, 0.5) is 4.39 Å². The highest BCUT2D eigenvalue weighted by atomic mass is 19.1. The molecule has 1 atom stereocenters. The minimum atomic E-state index is -0.460. The zero-order valence-corrected chi connectivity index (χ0v) is 13.7. The number of nitrogens with one attached hydrogen (secondary N) is 1. The van der Waals surface area contributed by atoms with Crippen LogP contribution in [-0.2, 0) is 9.53 Å². The Bertz CT molecular complexity index is 824. The average Bonchev–Trinajstić information content (AvgIpc) is 2.59. The lowest BCUT2D eigenvalue weighted by molar-refractivity contribution is -0.142. The van der Waals surface area contributed by atoms with Crippen LogP contribution in [0.5, 0.6) is 5.75 Å². The van der Waals surface area contributed by atoms with Gasteiger partial charge in [-0.25, -0.2) is 9.37 Å². The predicted molar refractivity (Wildman–Crippen MR) is 86.8 cm³/mol. The first kappa shape index (κ1) is 17.1. The monoisotopic (exact) mass is 347 g/mol. The molecule has 1 aliphatic rings. The molecule has 1 amide bonds. The molecule has 3 rings (SSSR count). The number of nitrogens with zero attached hydrogens (tertiary/aromatic N) is 2. The predicted octanol–water partition coefficient (Wildman–Crippen LogP) is 1.20. The molecule has 0 saturated carbocycles. The molecule has 0 radical (unpaired) electrons. The van der Waals surface area contributed by atoms with Crippen molar-refractivity contribution < 1.29 is 18.7 Å². The molecular weight excluding hydrogens is 329 g/mol. The highest BCUT2D eigenvalue weighted by Gasteiger charge is 2.30. The minimum absolute atomic E-state index is 0.234. The number of amides is 1. The van der Waals surface area contributed by atoms with Crippen LogP contribution in [0.2, 0.25) is 0 Å². The second kappa shape index (κ2) is 7.43. The Morgan fingerprint density at radius 1 is 1.48 bits per heavy atom. The second-order valence-electron chi connectivity index (χ2n) is 5.68. The molecule has 1 aliphatic heterocycles. The average molecular weight is 347 g/mol. The normalized spacial score (nSPS) is 17.4. The standard InChI is InChI=1S/C17H18FN3O4/c1-11-19-14(8-16(22)20-11)15-9-24-6-5-21(15)17(23)10-25-13-4-2-3-12(18)7-13/h2-4,7-8,15H,5-6,9-10H2,1H3,(H,19,20,22). The molecule has 1 aromatic heterocycles. The first-order valence-corrected chi connectivity index (χ1v) is 7.86. The molecule has 25 heavy (non-hydrogen) atoms. The molecule has 7 nitrogen and oxygen atoms in total. The molecule has 8 heteroatoms. The van der Waals surface area contributed by atoms with E-state index in [1.165, 1.54) is 24.3 Å². The number of H-pyrrole nitrogens is 1. The maximum Gasteiger partial charge on any atom is 0.261 e. The topological polar surface area (TPSA) is 84.5 Å². The molecule has 1 N–H and O–H groups in total. The van der Waals surface area contributed by atoms with Gasteiger partial charge in [0, 0.05) is 18.7 Å². The number of benzene rings is 1. The van der Waals surface area contributed by atoms with Gasteiger partial charge in [0.25, 0.3) is 11.5 Å². The van der Waals surface area contributed by atoms with E-state index in [4.69, 9.17) is 9.47 Å². The molecule has 1 saturated heterocycles. The van der Waals surface area contributed by atoms with E-state index < -0.39 is 11.9 Å². The van der Waals surface area contributed by atoms with Crippen LogP contribution in [0.1, 0.15) is 17.6 Å². The fourth-order valence-corrected chi connectivity index (χ4v) is 2.71. The highest BCUT2D eigenvalue weighted by molar-refractivity contribution is 5.78. The van der Waals surface area contributed by atoms with Gasteiger partial charge in [-0.05, 0) is 19.1 Å². The number of carbonyl (C=O) groups is 1. The summed E-state index contributed by atoms with van der Waals surface area (Å²) < 4.78 is 24.0. The van der Waals surface area contributed by atoms with Gasteiger partial charge in [-0.15, -0.1) is 0 Å². The van der Waals surface area contributed by atoms with Crippen LogP contribution in [-0.4, -0.2) is 47.1 Å². The number of hydrogen-bond donors (Lipinski definition) is 1. The Labute approximate surface area is 143 Å². The van der Waals surface area contributed by atoms with Gasteiger partial charge < -0.3 is 19.4 Å². The van der Waals surface area contributed by atoms with E-state index in [2.05, 4.69) is 9.97 Å². The van der Waals surface area contributed by atoms with Crippen molar-refractivity contribution in [1.29, 1.82) is 0 Å². The summed E-state index contributed by atoms with van der Waals surface area (Å²) in [6, 6.07) is 6.50. The van der Waals surface area contributed by atoms with Crippen molar-refractivity contribution in [2.45, 2.75) is 13.0 Å². The van der Waals surface area contributed by atoms with Gasteiger partial charge in [-0.3, -0.25) is 9.59 Å².